The third-order valence-corrected chi connectivity index (χ3v) is 29.8. The molecule has 0 aromatic carbocycles. The van der Waals surface area contributed by atoms with Crippen molar-refractivity contribution >= 4 is 142 Å². The number of carbonyl (C=O) groups is 8. The first kappa shape index (κ1) is 139. The maximum absolute atomic E-state index is 12.2. The summed E-state index contributed by atoms with van der Waals surface area (Å²) in [5, 5.41) is 288. The van der Waals surface area contributed by atoms with Crippen LogP contribution in [0.5, 0.6) is 0 Å². The molecule has 30 fully saturated rings. The normalized spacial score (nSPS) is 39.1. The fourth-order valence-electron chi connectivity index (χ4n) is 14.6. The summed E-state index contributed by atoms with van der Waals surface area (Å²) in [6, 6.07) is 0. The molecule has 736 valence electrons. The molecule has 30 aliphatic rings. The summed E-state index contributed by atoms with van der Waals surface area (Å²) in [6.45, 7) is 0. The number of thioether (sulfide) groups is 8. The van der Waals surface area contributed by atoms with Crippen molar-refractivity contribution in [3.05, 3.63) is 0 Å². The Bertz CT molecular complexity index is 2870. The molecule has 16 bridgehead atoms. The van der Waals surface area contributed by atoms with Gasteiger partial charge < -0.3 is 237 Å². The van der Waals surface area contributed by atoms with E-state index in [-0.39, 0.29) is 282 Å². The Morgan fingerprint density at radius 2 is 0.250 bits per heavy atom. The fraction of sp³-hybridized carbons (Fsp3) is 0.889. The predicted octanol–water partition coefficient (Wildman–Crippen LogP) is -42.3. The first-order valence-corrected chi connectivity index (χ1v) is 49.6. The summed E-state index contributed by atoms with van der Waals surface area (Å²) in [6.07, 6.45) is -88.6. The zero-order valence-corrected chi connectivity index (χ0v) is 98.1. The Labute approximate surface area is 990 Å². The summed E-state index contributed by atoms with van der Waals surface area (Å²) in [7, 11) is 0. The van der Waals surface area contributed by atoms with E-state index in [0.29, 0.717) is 0 Å². The summed E-state index contributed by atoms with van der Waals surface area (Å²) in [5.74, 6) is -17.6. The molecule has 30 aliphatic heterocycles. The molecule has 40 atom stereocenters. The van der Waals surface area contributed by atoms with Gasteiger partial charge in [0.2, 0.25) is 0 Å². The minimum Gasteiger partial charge on any atom is -0.550 e. The van der Waals surface area contributed by atoms with Crippen LogP contribution in [0.15, 0.2) is 0 Å². The van der Waals surface area contributed by atoms with Gasteiger partial charge in [-0.1, -0.05) is 0 Å². The van der Waals surface area contributed by atoms with E-state index < -0.39 is 391 Å². The second-order valence-corrected chi connectivity index (χ2v) is 39.8. The van der Waals surface area contributed by atoms with Gasteiger partial charge in [0.05, 0.1) is 48.8 Å². The van der Waals surface area contributed by atoms with Crippen molar-refractivity contribution in [2.75, 3.05) is 92.0 Å². The molecular formula is C72H104Na8O48S8. The summed E-state index contributed by atoms with van der Waals surface area (Å²) >= 11 is 6.55. The number of aliphatic hydroxyl groups excluding tert-OH is 16. The number of hydrogen-bond donors (Lipinski definition) is 16. The number of aliphatic hydroxyl groups is 16. The Morgan fingerprint density at radius 1 is 0.162 bits per heavy atom. The number of hydrogen-bond acceptors (Lipinski definition) is 56. The molecule has 30 saturated heterocycles. The van der Waals surface area contributed by atoms with Crippen molar-refractivity contribution in [1.82, 2.24) is 0 Å². The smallest absolute Gasteiger partial charge is 0.550 e. The summed E-state index contributed by atoms with van der Waals surface area (Å²) in [4.78, 5) is 93.3. The third-order valence-electron chi connectivity index (χ3n) is 21.3. The van der Waals surface area contributed by atoms with Crippen LogP contribution in [0.25, 0.3) is 0 Å². The SMILES string of the molecule is O=C([O-])CCSCC1O[C@@H]2O[C@@H]3C(CSCCC(=O)[O-])O[C@H](O[C@@H]4C(CSCCC(=O)[O-])O[C@H](O[C@@H]5C(CSCCC(=O)[O-])O[C@H](O[C@@H]6C(CSCCC(=O)[O-])O[C@H](O[C@@H]7C(CSCCC(=O)[O-])O[C@H](O[C@@H]8C(CSCCC(=O)[O-])O[C@H](O[C@@H]9C(CSCCC(=O)[O-])O[C@H](O[C@H]1C(O)C2O)C(O)C9O)C(O)C8O)C(O)C7O)C(O)C6O)C(O)C5O)C(O)C4O)C(O)C3O.[Na+].[Na+].[Na+].[Na+].[Na+].[Na+].[Na+].[Na+]. The number of carbonyl (C=O) groups excluding carboxylic acids is 8. The van der Waals surface area contributed by atoms with E-state index >= 15 is 0 Å². The molecule has 0 aromatic heterocycles. The van der Waals surface area contributed by atoms with Crippen LogP contribution in [-0.4, -0.2) is 467 Å². The van der Waals surface area contributed by atoms with Crippen LogP contribution < -0.4 is 277 Å². The number of aliphatic carboxylic acids is 8. The molecule has 0 spiro atoms. The van der Waals surface area contributed by atoms with Gasteiger partial charge >= 0.3 is 236 Å². The molecule has 0 radical (unpaired) electrons. The minimum absolute atomic E-state index is 0. The van der Waals surface area contributed by atoms with E-state index in [9.17, 15) is 161 Å². The van der Waals surface area contributed by atoms with E-state index in [1.807, 2.05) is 0 Å². The second-order valence-electron chi connectivity index (χ2n) is 30.6. The zero-order valence-electron chi connectivity index (χ0n) is 75.5. The van der Waals surface area contributed by atoms with E-state index in [4.69, 9.17) is 75.8 Å². The van der Waals surface area contributed by atoms with Crippen molar-refractivity contribution in [2.24, 2.45) is 0 Å². The molecular weight excluding hydrogens is 2070 g/mol. The van der Waals surface area contributed by atoms with Crippen molar-refractivity contribution < 1.29 is 473 Å². The molecule has 136 heavy (non-hydrogen) atoms. The van der Waals surface area contributed by atoms with E-state index in [2.05, 4.69) is 0 Å². The van der Waals surface area contributed by atoms with Gasteiger partial charge in [-0.05, 0) is 97.4 Å². The third kappa shape index (κ3) is 41.5. The van der Waals surface area contributed by atoms with E-state index in [1.165, 1.54) is 0 Å². The topological polar surface area (TPSA) is 792 Å². The first-order valence-electron chi connectivity index (χ1n) is 40.3. The molecule has 16 N–H and O–H groups in total. The molecule has 30 rings (SSSR count). The van der Waals surface area contributed by atoms with E-state index in [1.54, 1.807) is 0 Å². The minimum atomic E-state index is -2.36. The standard InChI is InChI=1S/C72H112O48S8.8Na/c73-33(74)1-9-121-17-25-57-41(89)49(97)65(105-25)114-58-26(18-122-10-2-34(75)76)107-67(51(99)43(58)91)116-60-28(20-124-12-4-36(79)80)109-69(53(101)45(60)93)118-62-30(22-126-14-6-38(83)84)111-71(55(103)47(62)95)120-64-32(24-128-16-8-40(87)88)112-72(56(104)48(64)96)119-63-31(23-127-15-7-39(85)86)110-70(54(102)46(63)94)117-61-29(21-125-13-5-37(81)82)108-68(52(100)44(61)92)115-59-27(19-123-11-3-35(77)78)106-66(113-57)50(98)42(59)90;;;;;;;;/h25-32,41-72,89-104H,1-24H2,(H,73,74)(H,75,76)(H,77,78)(H,79,80)(H,81,82)(H,83,84)(H,85,86)(H,87,88);;;;;;;;/q;8*+1/p-8/t25?,26?,27?,28?,29?,30?,31?,32?,41?,42?,43?,44?,45?,46?,47?,48?,49?,50?,51?,52?,53?,54?,55?,56?,57-,58-,59-,60-,61-,62-,63-,64-,65-,66-,67-,68-,69-,70-,71-,72-;;;;;;;;/m1......../s1. The Hall–Kier alpha value is 5.28. The Kier molecular flexibility index (Phi) is 71.6. The average Bonchev–Trinajstić information content (AvgIpc) is 0.767. The summed E-state index contributed by atoms with van der Waals surface area (Å²) in [5.41, 5.74) is 0. The van der Waals surface area contributed by atoms with Gasteiger partial charge in [0, 0.05) is 93.8 Å². The molecule has 48 nitrogen and oxygen atoms in total. The second kappa shape index (κ2) is 69.9. The first-order chi connectivity index (χ1) is 60.7. The van der Waals surface area contributed by atoms with Crippen molar-refractivity contribution in [1.29, 1.82) is 0 Å². The van der Waals surface area contributed by atoms with Crippen LogP contribution in [0.2, 0.25) is 0 Å². The molecule has 24 unspecified atom stereocenters. The molecule has 64 heteroatoms. The molecule has 0 saturated carbocycles. The fourth-order valence-corrected chi connectivity index (χ4v) is 22.5. The van der Waals surface area contributed by atoms with Gasteiger partial charge in [0.25, 0.3) is 0 Å². The predicted molar refractivity (Wildman–Crippen MR) is 420 cm³/mol. The van der Waals surface area contributed by atoms with Crippen molar-refractivity contribution in [3.8, 4) is 0 Å². The maximum Gasteiger partial charge on any atom is 1.00 e. The number of carboxylic acids is 8. The van der Waals surface area contributed by atoms with Crippen LogP contribution in [0, 0.1) is 0 Å². The maximum atomic E-state index is 12.2. The Balaban J connectivity index is 0.0000116. The molecule has 30 heterocycles. The average molecular weight is 2180 g/mol. The van der Waals surface area contributed by atoms with Gasteiger partial charge in [-0.15, -0.1) is 0 Å². The quantitative estimate of drug-likeness (QED) is 0.0200. The molecule has 0 amide bonds. The van der Waals surface area contributed by atoms with Gasteiger partial charge in [-0.25, -0.2) is 0 Å². The monoisotopic (exact) mass is 2180 g/mol. The van der Waals surface area contributed by atoms with Crippen LogP contribution in [0.4, 0.5) is 0 Å². The van der Waals surface area contributed by atoms with Crippen LogP contribution >= 0.6 is 94.1 Å². The molecule has 0 aromatic rings. The van der Waals surface area contributed by atoms with Crippen molar-refractivity contribution in [3.63, 3.8) is 0 Å². The van der Waals surface area contributed by atoms with Crippen LogP contribution in [0.1, 0.15) is 51.4 Å². The zero-order chi connectivity index (χ0) is 93.7. The van der Waals surface area contributed by atoms with Gasteiger partial charge in [-0.3, -0.25) is 0 Å². The van der Waals surface area contributed by atoms with E-state index in [0.717, 1.165) is 94.1 Å². The van der Waals surface area contributed by atoms with Crippen molar-refractivity contribution in [2.45, 2.75) is 297 Å². The van der Waals surface area contributed by atoms with Crippen LogP contribution in [0.3, 0.4) is 0 Å². The summed E-state index contributed by atoms with van der Waals surface area (Å²) < 4.78 is 99.6. The van der Waals surface area contributed by atoms with Gasteiger partial charge in [0.15, 0.2) is 50.3 Å². The van der Waals surface area contributed by atoms with Gasteiger partial charge in [0.1, 0.15) is 146 Å². The number of rotatable bonds is 40. The largest absolute Gasteiger partial charge is 1.00 e. The molecule has 0 aliphatic carbocycles. The number of carboxylic acid groups (broad SMARTS) is 8. The number of ether oxygens (including phenoxy) is 16. The van der Waals surface area contributed by atoms with Gasteiger partial charge in [-0.2, -0.15) is 94.1 Å². The Morgan fingerprint density at radius 3 is 0.331 bits per heavy atom. The van der Waals surface area contributed by atoms with Crippen LogP contribution in [-0.2, 0) is 114 Å².